The zero-order valence-corrected chi connectivity index (χ0v) is 11.1. The Morgan fingerprint density at radius 3 is 2.42 bits per heavy atom. The fourth-order valence-electron chi connectivity index (χ4n) is 2.58. The Bertz CT molecular complexity index is 439. The number of piperazine rings is 1. The van der Waals surface area contributed by atoms with Gasteiger partial charge in [-0.15, -0.1) is 0 Å². The number of carbonyl (C=O) groups is 1. The Balaban J connectivity index is 1.60. The molecule has 0 atom stereocenters. The minimum atomic E-state index is 0.102. The van der Waals surface area contributed by atoms with E-state index in [4.69, 9.17) is 0 Å². The van der Waals surface area contributed by atoms with Gasteiger partial charge in [-0.05, 0) is 17.7 Å². The van der Waals surface area contributed by atoms with E-state index in [0.29, 0.717) is 6.42 Å². The topological polar surface area (TPSA) is 47.6 Å². The van der Waals surface area contributed by atoms with Crippen LogP contribution in [0.1, 0.15) is 12.0 Å². The second kappa shape index (κ2) is 5.59. The fourth-order valence-corrected chi connectivity index (χ4v) is 2.58. The van der Waals surface area contributed by atoms with Gasteiger partial charge in [-0.1, -0.05) is 12.1 Å². The van der Waals surface area contributed by atoms with Crippen molar-refractivity contribution in [2.75, 3.05) is 37.7 Å². The zero-order valence-electron chi connectivity index (χ0n) is 11.1. The Hall–Kier alpha value is -1.59. The van der Waals surface area contributed by atoms with Crippen molar-refractivity contribution < 1.29 is 4.79 Å². The van der Waals surface area contributed by atoms with E-state index in [1.807, 2.05) is 5.01 Å². The van der Waals surface area contributed by atoms with E-state index in [2.05, 4.69) is 39.9 Å². The quantitative estimate of drug-likeness (QED) is 0.822. The summed E-state index contributed by atoms with van der Waals surface area (Å²) in [7, 11) is 0. The van der Waals surface area contributed by atoms with Crippen molar-refractivity contribution in [2.24, 2.45) is 0 Å². The number of nitrogens with zero attached hydrogens (tertiary/aromatic N) is 2. The van der Waals surface area contributed by atoms with Gasteiger partial charge in [0, 0.05) is 45.7 Å². The number of hydrazine groups is 1. The lowest BCUT2D eigenvalue weighted by atomic mass is 10.2. The predicted octanol–water partition coefficient (Wildman–Crippen LogP) is 0.333. The SMILES string of the molecule is O=C1CCN(c2ccc(CN3CCNCC3)cc2)N1. The summed E-state index contributed by atoms with van der Waals surface area (Å²) in [6, 6.07) is 8.48. The molecule has 1 amide bonds. The standard InChI is InChI=1S/C14H20N4O/c19-14-5-8-18(16-14)13-3-1-12(2-4-13)11-17-9-6-15-7-10-17/h1-4,15H,5-11H2,(H,16,19). The van der Waals surface area contributed by atoms with E-state index < -0.39 is 0 Å². The van der Waals surface area contributed by atoms with E-state index >= 15 is 0 Å². The molecule has 0 bridgehead atoms. The number of amides is 1. The lowest BCUT2D eigenvalue weighted by molar-refractivity contribution is -0.119. The van der Waals surface area contributed by atoms with Crippen molar-refractivity contribution in [3.8, 4) is 0 Å². The monoisotopic (exact) mass is 260 g/mol. The van der Waals surface area contributed by atoms with E-state index in [1.165, 1.54) is 5.56 Å². The molecule has 1 aromatic carbocycles. The maximum Gasteiger partial charge on any atom is 0.240 e. The van der Waals surface area contributed by atoms with Crippen LogP contribution in [0, 0.1) is 0 Å². The molecule has 0 saturated carbocycles. The molecule has 0 unspecified atom stereocenters. The van der Waals surface area contributed by atoms with Gasteiger partial charge in [0.15, 0.2) is 0 Å². The molecule has 2 saturated heterocycles. The van der Waals surface area contributed by atoms with Gasteiger partial charge < -0.3 is 5.32 Å². The molecule has 2 heterocycles. The summed E-state index contributed by atoms with van der Waals surface area (Å²) in [6.45, 7) is 6.16. The second-order valence-electron chi connectivity index (χ2n) is 5.13. The molecule has 19 heavy (non-hydrogen) atoms. The number of benzene rings is 1. The molecule has 2 aliphatic rings. The molecule has 0 aliphatic carbocycles. The van der Waals surface area contributed by atoms with Gasteiger partial charge in [-0.2, -0.15) is 0 Å². The van der Waals surface area contributed by atoms with E-state index in [0.717, 1.165) is 45.0 Å². The van der Waals surface area contributed by atoms with Crippen molar-refractivity contribution in [1.29, 1.82) is 0 Å². The minimum Gasteiger partial charge on any atom is -0.314 e. The summed E-state index contributed by atoms with van der Waals surface area (Å²) >= 11 is 0. The second-order valence-corrected chi connectivity index (χ2v) is 5.13. The maximum atomic E-state index is 11.2. The van der Waals surface area contributed by atoms with Gasteiger partial charge in [0.2, 0.25) is 5.91 Å². The number of hydrogen-bond acceptors (Lipinski definition) is 4. The van der Waals surface area contributed by atoms with Gasteiger partial charge in [-0.25, -0.2) is 0 Å². The molecule has 1 aromatic rings. The zero-order chi connectivity index (χ0) is 13.1. The minimum absolute atomic E-state index is 0.102. The first kappa shape index (κ1) is 12.4. The van der Waals surface area contributed by atoms with Crippen LogP contribution < -0.4 is 15.8 Å². The Kier molecular flexibility index (Phi) is 3.66. The van der Waals surface area contributed by atoms with Crippen molar-refractivity contribution in [3.63, 3.8) is 0 Å². The first-order valence-electron chi connectivity index (χ1n) is 6.90. The van der Waals surface area contributed by atoms with Crippen molar-refractivity contribution in [1.82, 2.24) is 15.6 Å². The Labute approximate surface area is 113 Å². The fraction of sp³-hybridized carbons (Fsp3) is 0.500. The number of hydrogen-bond donors (Lipinski definition) is 2. The highest BCUT2D eigenvalue weighted by atomic mass is 16.2. The average Bonchev–Trinajstić information content (AvgIpc) is 2.87. The lowest BCUT2D eigenvalue weighted by Gasteiger charge is -2.27. The molecule has 2 fully saturated rings. The summed E-state index contributed by atoms with van der Waals surface area (Å²) < 4.78 is 0. The van der Waals surface area contributed by atoms with Gasteiger partial charge in [-0.3, -0.25) is 20.1 Å². The normalized spacial score (nSPS) is 20.6. The molecule has 2 aliphatic heterocycles. The summed E-state index contributed by atoms with van der Waals surface area (Å²) in [4.78, 5) is 13.7. The van der Waals surface area contributed by atoms with Crippen LogP contribution in [0.5, 0.6) is 0 Å². The van der Waals surface area contributed by atoms with Crippen LogP contribution in [0.25, 0.3) is 0 Å². The molecule has 0 radical (unpaired) electrons. The highest BCUT2D eigenvalue weighted by molar-refractivity contribution is 5.81. The smallest absolute Gasteiger partial charge is 0.240 e. The highest BCUT2D eigenvalue weighted by Crippen LogP contribution is 2.17. The number of rotatable bonds is 3. The van der Waals surface area contributed by atoms with Crippen LogP contribution in [-0.2, 0) is 11.3 Å². The summed E-state index contributed by atoms with van der Waals surface area (Å²) in [5.41, 5.74) is 5.24. The maximum absolute atomic E-state index is 11.2. The van der Waals surface area contributed by atoms with Crippen LogP contribution in [0.15, 0.2) is 24.3 Å². The van der Waals surface area contributed by atoms with E-state index in [-0.39, 0.29) is 5.91 Å². The van der Waals surface area contributed by atoms with Crippen molar-refractivity contribution in [3.05, 3.63) is 29.8 Å². The van der Waals surface area contributed by atoms with Crippen molar-refractivity contribution in [2.45, 2.75) is 13.0 Å². The Morgan fingerprint density at radius 2 is 1.79 bits per heavy atom. The summed E-state index contributed by atoms with van der Waals surface area (Å²) in [6.07, 6.45) is 0.586. The molecular weight excluding hydrogens is 240 g/mol. The van der Waals surface area contributed by atoms with Gasteiger partial charge >= 0.3 is 0 Å². The Morgan fingerprint density at radius 1 is 1.05 bits per heavy atom. The molecule has 3 rings (SSSR count). The largest absolute Gasteiger partial charge is 0.314 e. The average molecular weight is 260 g/mol. The summed E-state index contributed by atoms with van der Waals surface area (Å²) in [5, 5.41) is 5.28. The van der Waals surface area contributed by atoms with Crippen LogP contribution in [0.3, 0.4) is 0 Å². The molecule has 0 spiro atoms. The third kappa shape index (κ3) is 3.05. The van der Waals surface area contributed by atoms with Gasteiger partial charge in [0.1, 0.15) is 0 Å². The molecule has 5 heteroatoms. The molecule has 5 nitrogen and oxygen atoms in total. The van der Waals surface area contributed by atoms with E-state index in [1.54, 1.807) is 0 Å². The van der Waals surface area contributed by atoms with Crippen LogP contribution in [0.2, 0.25) is 0 Å². The highest BCUT2D eigenvalue weighted by Gasteiger charge is 2.18. The third-order valence-electron chi connectivity index (χ3n) is 3.69. The van der Waals surface area contributed by atoms with Gasteiger partial charge in [0.05, 0.1) is 5.69 Å². The van der Waals surface area contributed by atoms with E-state index in [9.17, 15) is 4.79 Å². The number of anilines is 1. The molecule has 102 valence electrons. The first-order chi connectivity index (χ1) is 9.31. The number of nitrogens with one attached hydrogen (secondary N) is 2. The van der Waals surface area contributed by atoms with Crippen LogP contribution in [0.4, 0.5) is 5.69 Å². The van der Waals surface area contributed by atoms with Crippen LogP contribution in [-0.4, -0.2) is 43.5 Å². The molecule has 0 aromatic heterocycles. The predicted molar refractivity (Wildman–Crippen MR) is 74.7 cm³/mol. The molecular formula is C14H20N4O. The molecule has 2 N–H and O–H groups in total. The van der Waals surface area contributed by atoms with Gasteiger partial charge in [0.25, 0.3) is 0 Å². The van der Waals surface area contributed by atoms with Crippen molar-refractivity contribution >= 4 is 11.6 Å². The number of carbonyl (C=O) groups excluding carboxylic acids is 1. The third-order valence-corrected chi connectivity index (χ3v) is 3.69. The van der Waals surface area contributed by atoms with Crippen LogP contribution >= 0.6 is 0 Å². The summed E-state index contributed by atoms with van der Waals surface area (Å²) in [5.74, 6) is 0.102. The lowest BCUT2D eigenvalue weighted by Crippen LogP contribution is -2.42. The first-order valence-corrected chi connectivity index (χ1v) is 6.90.